The molecule has 0 N–H and O–H groups in total. The summed E-state index contributed by atoms with van der Waals surface area (Å²) in [7, 11) is -3.97. The Bertz CT molecular complexity index is 1170. The maximum Gasteiger partial charge on any atom is 0.358 e. The first-order chi connectivity index (χ1) is 13.4. The number of nitrogens with zero attached hydrogens (tertiary/aromatic N) is 1. The minimum absolute atomic E-state index is 0.0523. The molecular formula is C22H21NO3S2. The maximum absolute atomic E-state index is 12.6. The van der Waals surface area contributed by atoms with Crippen molar-refractivity contribution in [1.82, 2.24) is 0 Å². The molecule has 0 aliphatic carbocycles. The van der Waals surface area contributed by atoms with E-state index in [1.165, 1.54) is 12.1 Å². The van der Waals surface area contributed by atoms with Gasteiger partial charge in [-0.2, -0.15) is 8.42 Å². The van der Waals surface area contributed by atoms with Crippen LogP contribution in [0.25, 0.3) is 10.8 Å². The second kappa shape index (κ2) is 7.26. The molecule has 4 rings (SSSR count). The Hall–Kier alpha value is -2.31. The molecule has 2 atom stereocenters. The number of rotatable bonds is 3. The lowest BCUT2D eigenvalue weighted by molar-refractivity contribution is 0.335. The number of aryl methyl sites for hydroxylation is 1. The number of hydrogen-bond acceptors (Lipinski definition) is 5. The first-order valence-corrected chi connectivity index (χ1v) is 11.4. The summed E-state index contributed by atoms with van der Waals surface area (Å²) in [5.41, 5.74) is 2.62. The first kappa shape index (κ1) is 19.0. The molecule has 6 heteroatoms. The fraction of sp³-hybridized carbons (Fsp3) is 0.227. The molecule has 0 radical (unpaired) electrons. The molecule has 0 saturated carbocycles. The topological polar surface area (TPSA) is 55.7 Å². The zero-order chi connectivity index (χ0) is 19.9. The van der Waals surface area contributed by atoms with Crippen molar-refractivity contribution in [2.75, 3.05) is 0 Å². The van der Waals surface area contributed by atoms with E-state index in [0.717, 1.165) is 26.8 Å². The molecule has 3 aromatic carbocycles. The summed E-state index contributed by atoms with van der Waals surface area (Å²) in [6, 6.07) is 18.8. The summed E-state index contributed by atoms with van der Waals surface area (Å²) in [6.45, 7) is 6.09. The second-order valence-corrected chi connectivity index (χ2v) is 10.0. The van der Waals surface area contributed by atoms with Gasteiger partial charge in [-0.15, -0.1) is 11.8 Å². The Labute approximate surface area is 169 Å². The third-order valence-electron chi connectivity index (χ3n) is 5.14. The average molecular weight is 412 g/mol. The number of fused-ring (bicyclic) bond motifs is 3. The van der Waals surface area contributed by atoms with Crippen LogP contribution in [0, 0.1) is 12.8 Å². The summed E-state index contributed by atoms with van der Waals surface area (Å²) < 4.78 is 30.4. The van der Waals surface area contributed by atoms with Gasteiger partial charge in [0.15, 0.2) is 0 Å². The summed E-state index contributed by atoms with van der Waals surface area (Å²) >= 11 is 1.78. The van der Waals surface area contributed by atoms with Crippen LogP contribution in [0.5, 0.6) is 0 Å². The Morgan fingerprint density at radius 3 is 2.43 bits per heavy atom. The van der Waals surface area contributed by atoms with Crippen LogP contribution < -0.4 is 0 Å². The van der Waals surface area contributed by atoms with E-state index in [9.17, 15) is 8.42 Å². The number of oxime groups is 1. The van der Waals surface area contributed by atoms with E-state index in [0.29, 0.717) is 5.71 Å². The molecule has 28 heavy (non-hydrogen) atoms. The van der Waals surface area contributed by atoms with Crippen molar-refractivity contribution in [2.24, 2.45) is 11.1 Å². The number of hydrogen-bond donors (Lipinski definition) is 0. The predicted molar refractivity (Wildman–Crippen MR) is 114 cm³/mol. The van der Waals surface area contributed by atoms with E-state index in [1.54, 1.807) is 23.9 Å². The van der Waals surface area contributed by atoms with Crippen LogP contribution in [0.2, 0.25) is 0 Å². The van der Waals surface area contributed by atoms with Gasteiger partial charge in [0.25, 0.3) is 0 Å². The molecule has 0 fully saturated rings. The zero-order valence-electron chi connectivity index (χ0n) is 15.9. The van der Waals surface area contributed by atoms with Crippen LogP contribution >= 0.6 is 11.8 Å². The highest BCUT2D eigenvalue weighted by Gasteiger charge is 2.31. The summed E-state index contributed by atoms with van der Waals surface area (Å²) in [5, 5.41) is 6.61. The smallest absolute Gasteiger partial charge is 0.264 e. The van der Waals surface area contributed by atoms with Crippen molar-refractivity contribution < 1.29 is 12.7 Å². The molecule has 1 aliphatic heterocycles. The highest BCUT2D eigenvalue weighted by Crippen LogP contribution is 2.41. The minimum Gasteiger partial charge on any atom is -0.264 e. The lowest BCUT2D eigenvalue weighted by atomic mass is 9.91. The first-order valence-electron chi connectivity index (χ1n) is 9.14. The predicted octanol–water partition coefficient (Wildman–Crippen LogP) is 5.39. The van der Waals surface area contributed by atoms with Crippen LogP contribution in [-0.4, -0.2) is 19.4 Å². The summed E-state index contributed by atoms with van der Waals surface area (Å²) in [5.74, 6) is 0.0523. The van der Waals surface area contributed by atoms with Crippen LogP contribution in [-0.2, 0) is 14.4 Å². The zero-order valence-corrected chi connectivity index (χ0v) is 17.5. The lowest BCUT2D eigenvalue weighted by Gasteiger charge is -2.29. The van der Waals surface area contributed by atoms with Crippen molar-refractivity contribution in [3.05, 3.63) is 71.8 Å². The fourth-order valence-corrected chi connectivity index (χ4v) is 5.28. The molecule has 3 aromatic rings. The monoisotopic (exact) mass is 411 g/mol. The molecule has 0 amide bonds. The normalized spacial score (nSPS) is 20.9. The molecule has 0 aromatic heterocycles. The molecule has 144 valence electrons. The van der Waals surface area contributed by atoms with Gasteiger partial charge >= 0.3 is 10.1 Å². The lowest BCUT2D eigenvalue weighted by Crippen LogP contribution is -2.27. The van der Waals surface area contributed by atoms with Crippen molar-refractivity contribution in [1.29, 1.82) is 0 Å². The molecular weight excluding hydrogens is 390 g/mol. The van der Waals surface area contributed by atoms with E-state index in [1.807, 2.05) is 31.2 Å². The van der Waals surface area contributed by atoms with E-state index in [2.05, 4.69) is 31.1 Å². The van der Waals surface area contributed by atoms with Crippen molar-refractivity contribution in [3.63, 3.8) is 0 Å². The maximum atomic E-state index is 12.6. The van der Waals surface area contributed by atoms with E-state index >= 15 is 0 Å². The van der Waals surface area contributed by atoms with E-state index in [-0.39, 0.29) is 16.1 Å². The highest BCUT2D eigenvalue weighted by atomic mass is 32.2. The molecule has 1 aliphatic rings. The minimum atomic E-state index is -3.97. The largest absolute Gasteiger partial charge is 0.358 e. The molecule has 0 spiro atoms. The van der Waals surface area contributed by atoms with Gasteiger partial charge in [-0.3, -0.25) is 4.28 Å². The summed E-state index contributed by atoms with van der Waals surface area (Å²) in [4.78, 5) is 1.20. The SMILES string of the molecule is Cc1ccc(S(=O)(=O)O/N=C2/c3c(ccc4ccccc34)SC(C)C2C)cc1. The van der Waals surface area contributed by atoms with Crippen molar-refractivity contribution >= 4 is 38.4 Å². The third kappa shape index (κ3) is 3.42. The van der Waals surface area contributed by atoms with Crippen LogP contribution in [0.3, 0.4) is 0 Å². The van der Waals surface area contributed by atoms with E-state index < -0.39 is 10.1 Å². The van der Waals surface area contributed by atoms with Gasteiger partial charge in [0.1, 0.15) is 4.90 Å². The van der Waals surface area contributed by atoms with Gasteiger partial charge in [-0.25, -0.2) is 0 Å². The van der Waals surface area contributed by atoms with Crippen molar-refractivity contribution in [2.45, 2.75) is 35.8 Å². The quantitative estimate of drug-likeness (QED) is 0.542. The Morgan fingerprint density at radius 1 is 0.964 bits per heavy atom. The van der Waals surface area contributed by atoms with Gasteiger partial charge < -0.3 is 0 Å². The van der Waals surface area contributed by atoms with Gasteiger partial charge in [0.2, 0.25) is 0 Å². The van der Waals surface area contributed by atoms with Crippen LogP contribution in [0.4, 0.5) is 0 Å². The summed E-state index contributed by atoms with van der Waals surface area (Å²) in [6.07, 6.45) is 0. The van der Waals surface area contributed by atoms with Gasteiger partial charge in [0.05, 0.1) is 5.71 Å². The Kier molecular flexibility index (Phi) is 4.93. The molecule has 2 unspecified atom stereocenters. The average Bonchev–Trinajstić information content (AvgIpc) is 2.68. The Morgan fingerprint density at radius 2 is 1.68 bits per heavy atom. The Balaban J connectivity index is 1.81. The van der Waals surface area contributed by atoms with E-state index in [4.69, 9.17) is 4.28 Å². The third-order valence-corrected chi connectivity index (χ3v) is 7.63. The van der Waals surface area contributed by atoms with Crippen LogP contribution in [0.1, 0.15) is 25.0 Å². The van der Waals surface area contributed by atoms with Crippen LogP contribution in [0.15, 0.2) is 75.6 Å². The van der Waals surface area contributed by atoms with Gasteiger partial charge in [-0.05, 0) is 35.9 Å². The number of thioether (sulfide) groups is 1. The molecule has 1 heterocycles. The highest BCUT2D eigenvalue weighted by molar-refractivity contribution is 8.00. The molecule has 4 nitrogen and oxygen atoms in total. The fourth-order valence-electron chi connectivity index (χ4n) is 3.33. The van der Waals surface area contributed by atoms with Crippen molar-refractivity contribution in [3.8, 4) is 0 Å². The number of benzene rings is 3. The molecule has 0 bridgehead atoms. The van der Waals surface area contributed by atoms with Gasteiger partial charge in [-0.1, -0.05) is 67.0 Å². The second-order valence-electron chi connectivity index (χ2n) is 7.09. The molecule has 0 saturated heterocycles. The standard InChI is InChI=1S/C22H21NO3S2/c1-14-8-11-18(12-9-14)28(24,25)26-23-22-15(2)16(3)27-20-13-10-17-6-4-5-7-19(17)21(20)22/h4-13,15-16H,1-3H3/b23-22+. The van der Waals surface area contributed by atoms with Gasteiger partial charge in [0, 0.05) is 21.6 Å².